The Morgan fingerprint density at radius 1 is 0.938 bits per heavy atom. The maximum absolute atomic E-state index is 13.3. The molecule has 168 valence electrons. The van der Waals surface area contributed by atoms with Gasteiger partial charge in [-0.2, -0.15) is 0 Å². The summed E-state index contributed by atoms with van der Waals surface area (Å²) in [7, 11) is 0. The highest BCUT2D eigenvalue weighted by molar-refractivity contribution is 7.19. The number of aromatic nitrogens is 1. The molecule has 5 rings (SSSR count). The van der Waals surface area contributed by atoms with E-state index in [4.69, 9.17) is 0 Å². The smallest absolute Gasteiger partial charge is 0.225 e. The third kappa shape index (κ3) is 4.08. The number of pyridine rings is 1. The van der Waals surface area contributed by atoms with Crippen molar-refractivity contribution >= 4 is 38.8 Å². The van der Waals surface area contributed by atoms with Crippen LogP contribution in [-0.2, 0) is 4.79 Å². The Hall–Kier alpha value is -2.60. The van der Waals surface area contributed by atoms with Crippen molar-refractivity contribution in [3.8, 4) is 0 Å². The van der Waals surface area contributed by atoms with Gasteiger partial charge in [0.2, 0.25) is 5.91 Å². The minimum Gasteiger partial charge on any atom is -0.368 e. The molecule has 0 bridgehead atoms. The number of hydrogen-bond acceptors (Lipinski definition) is 5. The SMILES string of the molecule is Cc1ccc(C)c(N2CCN(C(=O)C3CCN(c4nccc5sc(C)cc45)CC3)CC2)c1. The zero-order valence-corrected chi connectivity index (χ0v) is 20.1. The van der Waals surface area contributed by atoms with E-state index in [2.05, 4.69) is 70.8 Å². The summed E-state index contributed by atoms with van der Waals surface area (Å²) in [4.78, 5) is 26.2. The summed E-state index contributed by atoms with van der Waals surface area (Å²) in [5.41, 5.74) is 3.92. The van der Waals surface area contributed by atoms with Crippen LogP contribution in [0.5, 0.6) is 0 Å². The molecule has 0 atom stereocenters. The van der Waals surface area contributed by atoms with Crippen LogP contribution in [0.25, 0.3) is 10.1 Å². The van der Waals surface area contributed by atoms with Crippen molar-refractivity contribution in [3.63, 3.8) is 0 Å². The van der Waals surface area contributed by atoms with Gasteiger partial charge >= 0.3 is 0 Å². The van der Waals surface area contributed by atoms with E-state index in [-0.39, 0.29) is 5.92 Å². The summed E-state index contributed by atoms with van der Waals surface area (Å²) in [6.07, 6.45) is 3.74. The van der Waals surface area contributed by atoms with E-state index in [9.17, 15) is 4.79 Å². The quantitative estimate of drug-likeness (QED) is 0.578. The number of aryl methyl sites for hydroxylation is 3. The Morgan fingerprint density at radius 2 is 1.69 bits per heavy atom. The predicted octanol–water partition coefficient (Wildman–Crippen LogP) is 4.79. The molecule has 4 heterocycles. The average Bonchev–Trinajstić information content (AvgIpc) is 3.21. The lowest BCUT2D eigenvalue weighted by molar-refractivity contribution is -0.136. The fraction of sp³-hybridized carbons (Fsp3) is 0.462. The maximum atomic E-state index is 13.3. The molecule has 0 unspecified atom stereocenters. The van der Waals surface area contributed by atoms with E-state index in [1.165, 1.54) is 31.8 Å². The van der Waals surface area contributed by atoms with Crippen molar-refractivity contribution in [1.29, 1.82) is 0 Å². The van der Waals surface area contributed by atoms with Gasteiger partial charge in [-0.05, 0) is 62.9 Å². The lowest BCUT2D eigenvalue weighted by atomic mass is 9.94. The van der Waals surface area contributed by atoms with Crippen LogP contribution in [0, 0.1) is 26.7 Å². The molecule has 1 amide bonds. The standard InChI is InChI=1S/C26H32N4OS/c1-18-4-5-19(2)23(16-18)28-12-14-30(15-13-28)26(31)21-7-10-29(11-8-21)25-22-17-20(3)32-24(22)6-9-27-25/h4-6,9,16-17,21H,7-8,10-15H2,1-3H3. The molecule has 2 fully saturated rings. The van der Waals surface area contributed by atoms with Crippen molar-refractivity contribution in [1.82, 2.24) is 9.88 Å². The van der Waals surface area contributed by atoms with Gasteiger partial charge in [-0.15, -0.1) is 11.3 Å². The van der Waals surface area contributed by atoms with Crippen LogP contribution in [0.1, 0.15) is 28.8 Å². The van der Waals surface area contributed by atoms with E-state index >= 15 is 0 Å². The lowest BCUT2D eigenvalue weighted by Crippen LogP contribution is -2.52. The Balaban J connectivity index is 1.19. The van der Waals surface area contributed by atoms with E-state index < -0.39 is 0 Å². The Bertz CT molecular complexity index is 1120. The Kier molecular flexibility index (Phi) is 5.80. The summed E-state index contributed by atoms with van der Waals surface area (Å²) in [5.74, 6) is 1.57. The van der Waals surface area contributed by atoms with E-state index in [0.29, 0.717) is 5.91 Å². The van der Waals surface area contributed by atoms with Gasteiger partial charge in [-0.25, -0.2) is 4.98 Å². The summed E-state index contributed by atoms with van der Waals surface area (Å²) in [6, 6.07) is 11.0. The molecule has 6 heteroatoms. The molecule has 5 nitrogen and oxygen atoms in total. The number of carbonyl (C=O) groups excluding carboxylic acids is 1. The number of fused-ring (bicyclic) bond motifs is 1. The molecule has 2 aromatic heterocycles. The number of hydrogen-bond donors (Lipinski definition) is 0. The van der Waals surface area contributed by atoms with Gasteiger partial charge in [0.15, 0.2) is 0 Å². The minimum absolute atomic E-state index is 0.141. The number of carbonyl (C=O) groups is 1. The molecule has 0 N–H and O–H groups in total. The van der Waals surface area contributed by atoms with Gasteiger partial charge in [0.05, 0.1) is 0 Å². The van der Waals surface area contributed by atoms with E-state index in [0.717, 1.165) is 57.9 Å². The van der Waals surface area contributed by atoms with Crippen molar-refractivity contribution in [2.24, 2.45) is 5.92 Å². The van der Waals surface area contributed by atoms with Crippen LogP contribution in [0.3, 0.4) is 0 Å². The van der Waals surface area contributed by atoms with Gasteiger partial charge in [-0.1, -0.05) is 12.1 Å². The van der Waals surface area contributed by atoms with Gasteiger partial charge < -0.3 is 14.7 Å². The highest BCUT2D eigenvalue weighted by Crippen LogP contribution is 2.33. The number of benzene rings is 1. The third-order valence-electron chi connectivity index (χ3n) is 6.99. The van der Waals surface area contributed by atoms with E-state index in [1.54, 1.807) is 0 Å². The number of piperazine rings is 1. The van der Waals surface area contributed by atoms with E-state index in [1.807, 2.05) is 17.5 Å². The van der Waals surface area contributed by atoms with Crippen LogP contribution < -0.4 is 9.80 Å². The number of thiophene rings is 1. The maximum Gasteiger partial charge on any atom is 0.225 e. The van der Waals surface area contributed by atoms with Gasteiger partial charge in [0.25, 0.3) is 0 Å². The van der Waals surface area contributed by atoms with Crippen molar-refractivity contribution < 1.29 is 4.79 Å². The van der Waals surface area contributed by atoms with Crippen LogP contribution in [0.4, 0.5) is 11.5 Å². The number of piperidine rings is 1. The Morgan fingerprint density at radius 3 is 2.44 bits per heavy atom. The van der Waals surface area contributed by atoms with Crippen LogP contribution in [0.15, 0.2) is 36.5 Å². The summed E-state index contributed by atoms with van der Waals surface area (Å²) in [6.45, 7) is 11.7. The lowest BCUT2D eigenvalue weighted by Gasteiger charge is -2.40. The van der Waals surface area contributed by atoms with Crippen LogP contribution in [-0.4, -0.2) is 55.1 Å². The zero-order chi connectivity index (χ0) is 22.2. The van der Waals surface area contributed by atoms with Gasteiger partial charge in [-0.3, -0.25) is 4.79 Å². The molecule has 0 saturated carbocycles. The van der Waals surface area contributed by atoms with Crippen molar-refractivity contribution in [2.45, 2.75) is 33.6 Å². The molecule has 2 saturated heterocycles. The average molecular weight is 449 g/mol. The van der Waals surface area contributed by atoms with Crippen molar-refractivity contribution in [2.75, 3.05) is 49.1 Å². The number of anilines is 2. The highest BCUT2D eigenvalue weighted by atomic mass is 32.1. The first kappa shape index (κ1) is 21.3. The number of rotatable bonds is 3. The zero-order valence-electron chi connectivity index (χ0n) is 19.3. The monoisotopic (exact) mass is 448 g/mol. The van der Waals surface area contributed by atoms with Crippen LogP contribution >= 0.6 is 11.3 Å². The largest absolute Gasteiger partial charge is 0.368 e. The van der Waals surface area contributed by atoms with Gasteiger partial charge in [0, 0.05) is 72.0 Å². The molecule has 0 radical (unpaired) electrons. The number of nitrogens with zero attached hydrogens (tertiary/aromatic N) is 4. The first-order chi connectivity index (χ1) is 15.5. The van der Waals surface area contributed by atoms with Crippen LogP contribution in [0.2, 0.25) is 0 Å². The molecule has 1 aromatic carbocycles. The first-order valence-corrected chi connectivity index (χ1v) is 12.5. The second kappa shape index (κ2) is 8.74. The number of amides is 1. The Labute approximate surface area is 194 Å². The topological polar surface area (TPSA) is 39.7 Å². The molecule has 3 aromatic rings. The van der Waals surface area contributed by atoms with Gasteiger partial charge in [0.1, 0.15) is 5.82 Å². The minimum atomic E-state index is 0.141. The van der Waals surface area contributed by atoms with Crippen molar-refractivity contribution in [3.05, 3.63) is 52.5 Å². The second-order valence-electron chi connectivity index (χ2n) is 9.27. The summed E-state index contributed by atoms with van der Waals surface area (Å²) >= 11 is 1.82. The third-order valence-corrected chi connectivity index (χ3v) is 8.00. The first-order valence-electron chi connectivity index (χ1n) is 11.7. The second-order valence-corrected chi connectivity index (χ2v) is 10.6. The fourth-order valence-corrected chi connectivity index (χ4v) is 6.06. The normalized spacial score (nSPS) is 17.9. The molecular formula is C26H32N4OS. The molecule has 2 aliphatic heterocycles. The molecule has 0 spiro atoms. The molecular weight excluding hydrogens is 416 g/mol. The molecule has 0 aliphatic carbocycles. The highest BCUT2D eigenvalue weighted by Gasteiger charge is 2.31. The summed E-state index contributed by atoms with van der Waals surface area (Å²) < 4.78 is 1.30. The molecule has 2 aliphatic rings. The predicted molar refractivity (Wildman–Crippen MR) is 134 cm³/mol. The molecule has 32 heavy (non-hydrogen) atoms. The fourth-order valence-electron chi connectivity index (χ4n) is 5.15. The summed E-state index contributed by atoms with van der Waals surface area (Å²) in [5, 5.41) is 1.25.